The van der Waals surface area contributed by atoms with Gasteiger partial charge in [-0.25, -0.2) is 9.78 Å². The lowest BCUT2D eigenvalue weighted by molar-refractivity contribution is -0.275. The van der Waals surface area contributed by atoms with E-state index in [1.54, 1.807) is 22.6 Å². The van der Waals surface area contributed by atoms with E-state index >= 15 is 0 Å². The van der Waals surface area contributed by atoms with Crippen LogP contribution < -0.4 is 10.5 Å². The average molecular weight is 376 g/mol. The molecule has 1 aromatic rings. The lowest BCUT2D eigenvalue weighted by Gasteiger charge is -2.15. The summed E-state index contributed by atoms with van der Waals surface area (Å²) < 4.78 is 45.3. The average Bonchev–Trinajstić information content (AvgIpc) is 2.28. The van der Waals surface area contributed by atoms with Gasteiger partial charge in [-0.1, -0.05) is 0 Å². The van der Waals surface area contributed by atoms with Crippen LogP contribution in [0.5, 0.6) is 5.75 Å². The van der Waals surface area contributed by atoms with Gasteiger partial charge in [-0.15, -0.1) is 13.2 Å². The summed E-state index contributed by atoms with van der Waals surface area (Å²) in [4.78, 5) is 15.2. The van der Waals surface area contributed by atoms with E-state index in [4.69, 9.17) is 5.73 Å². The molecular weight excluding hydrogens is 368 g/mol. The van der Waals surface area contributed by atoms with E-state index in [2.05, 4.69) is 14.5 Å². The van der Waals surface area contributed by atoms with Gasteiger partial charge in [0.15, 0.2) is 5.75 Å². The molecule has 0 aliphatic heterocycles. The molecule has 0 unspecified atom stereocenters. The van der Waals surface area contributed by atoms with Gasteiger partial charge in [0, 0.05) is 6.54 Å². The zero-order chi connectivity index (χ0) is 13.9. The van der Waals surface area contributed by atoms with E-state index in [0.717, 1.165) is 13.2 Å². The summed E-state index contributed by atoms with van der Waals surface area (Å²) in [5.41, 5.74) is 4.75. The van der Waals surface area contributed by atoms with Crippen molar-refractivity contribution < 1.29 is 27.4 Å². The van der Waals surface area contributed by atoms with Gasteiger partial charge in [0.25, 0.3) is 0 Å². The summed E-state index contributed by atoms with van der Waals surface area (Å²) in [6.07, 6.45) is -4.94. The lowest BCUT2D eigenvalue weighted by Crippen LogP contribution is -2.22. The van der Waals surface area contributed by atoms with Crippen LogP contribution in [-0.4, -0.2) is 24.4 Å². The van der Waals surface area contributed by atoms with Crippen molar-refractivity contribution in [2.75, 3.05) is 7.11 Å². The normalized spacial score (nSPS) is 11.2. The van der Waals surface area contributed by atoms with Crippen molar-refractivity contribution in [3.63, 3.8) is 0 Å². The van der Waals surface area contributed by atoms with Crippen molar-refractivity contribution in [3.05, 3.63) is 21.0 Å². The number of ether oxygens (including phenoxy) is 2. The van der Waals surface area contributed by atoms with Crippen LogP contribution in [0.25, 0.3) is 0 Å². The highest BCUT2D eigenvalue weighted by Gasteiger charge is 2.35. The van der Waals surface area contributed by atoms with Gasteiger partial charge >= 0.3 is 12.3 Å². The van der Waals surface area contributed by atoms with Crippen molar-refractivity contribution in [2.45, 2.75) is 12.9 Å². The zero-order valence-corrected chi connectivity index (χ0v) is 11.2. The first-order valence-electron chi connectivity index (χ1n) is 4.52. The molecule has 0 radical (unpaired) electrons. The van der Waals surface area contributed by atoms with Crippen molar-refractivity contribution in [1.29, 1.82) is 0 Å². The van der Waals surface area contributed by atoms with Gasteiger partial charge in [-0.2, -0.15) is 0 Å². The van der Waals surface area contributed by atoms with E-state index in [1.165, 1.54) is 0 Å². The number of nitrogens with two attached hydrogens (primary N) is 1. The molecule has 0 saturated carbocycles. The molecule has 0 aliphatic carbocycles. The summed E-state index contributed by atoms with van der Waals surface area (Å²) in [6, 6.07) is 1.13. The summed E-state index contributed by atoms with van der Waals surface area (Å²) in [5.74, 6) is -1.68. The molecule has 5 nitrogen and oxygen atoms in total. The molecule has 0 aliphatic rings. The number of esters is 1. The number of halogens is 4. The minimum atomic E-state index is -4.94. The molecule has 1 heterocycles. The molecule has 1 rings (SSSR count). The number of methoxy groups -OCH3 is 1. The van der Waals surface area contributed by atoms with Crippen LogP contribution in [0, 0.1) is 3.70 Å². The Bertz CT molecular complexity index is 465. The number of hydrogen-bond donors (Lipinski definition) is 1. The Balaban J connectivity index is 3.38. The molecule has 0 atom stereocenters. The van der Waals surface area contributed by atoms with Gasteiger partial charge in [-0.05, 0) is 28.7 Å². The number of hydrogen-bond acceptors (Lipinski definition) is 5. The SMILES string of the molecule is COC(=O)c1cc(I)nc(CN)c1OC(F)(F)F. The van der Waals surface area contributed by atoms with Gasteiger partial charge < -0.3 is 15.2 Å². The van der Waals surface area contributed by atoms with E-state index in [9.17, 15) is 18.0 Å². The Morgan fingerprint density at radius 2 is 2.17 bits per heavy atom. The Morgan fingerprint density at radius 3 is 2.61 bits per heavy atom. The van der Waals surface area contributed by atoms with Gasteiger partial charge in [0.1, 0.15) is 9.26 Å². The Labute approximate surface area is 114 Å². The number of carbonyl (C=O) groups excluding carboxylic acids is 1. The third kappa shape index (κ3) is 3.70. The zero-order valence-electron chi connectivity index (χ0n) is 9.05. The highest BCUT2D eigenvalue weighted by atomic mass is 127. The molecule has 9 heteroatoms. The third-order valence-electron chi connectivity index (χ3n) is 1.83. The largest absolute Gasteiger partial charge is 0.573 e. The Morgan fingerprint density at radius 1 is 1.56 bits per heavy atom. The second-order valence-corrected chi connectivity index (χ2v) is 4.12. The van der Waals surface area contributed by atoms with Crippen LogP contribution in [0.4, 0.5) is 13.2 Å². The summed E-state index contributed by atoms with van der Waals surface area (Å²) >= 11 is 1.75. The number of nitrogens with zero attached hydrogens (tertiary/aromatic N) is 1. The highest BCUT2D eigenvalue weighted by Crippen LogP contribution is 2.30. The quantitative estimate of drug-likeness (QED) is 0.495. The standard InChI is InChI=1S/C9H8F3IN2O3/c1-17-8(16)4-2-6(13)15-5(3-14)7(4)18-9(10,11)12/h2H,3,14H2,1H3. The van der Waals surface area contributed by atoms with Crippen LogP contribution >= 0.6 is 22.6 Å². The second-order valence-electron chi connectivity index (χ2n) is 3.01. The predicted molar refractivity (Wildman–Crippen MR) is 62.9 cm³/mol. The fourth-order valence-corrected chi connectivity index (χ4v) is 1.78. The smallest absolute Gasteiger partial charge is 0.465 e. The van der Waals surface area contributed by atoms with Crippen LogP contribution in [0.15, 0.2) is 6.07 Å². The first kappa shape index (κ1) is 15.0. The molecule has 0 aromatic carbocycles. The molecular formula is C9H8F3IN2O3. The minimum Gasteiger partial charge on any atom is -0.465 e. The lowest BCUT2D eigenvalue weighted by atomic mass is 10.2. The summed E-state index contributed by atoms with van der Waals surface area (Å²) in [7, 11) is 1.05. The van der Waals surface area contributed by atoms with Crippen LogP contribution in [0.1, 0.15) is 16.1 Å². The van der Waals surface area contributed by atoms with Gasteiger partial charge in [0.2, 0.25) is 0 Å². The maximum absolute atomic E-state index is 12.3. The molecule has 0 fully saturated rings. The van der Waals surface area contributed by atoms with Crippen molar-refractivity contribution >= 4 is 28.6 Å². The molecule has 0 saturated heterocycles. The number of aromatic nitrogens is 1. The molecule has 100 valence electrons. The van der Waals surface area contributed by atoms with Gasteiger partial charge in [0.05, 0.1) is 12.8 Å². The van der Waals surface area contributed by atoms with E-state index in [-0.39, 0.29) is 17.8 Å². The van der Waals surface area contributed by atoms with Crippen molar-refractivity contribution in [3.8, 4) is 5.75 Å². The Kier molecular flexibility index (Phi) is 4.73. The minimum absolute atomic E-state index is 0.167. The van der Waals surface area contributed by atoms with Crippen molar-refractivity contribution in [2.24, 2.45) is 5.73 Å². The van der Waals surface area contributed by atoms with Crippen LogP contribution in [0.3, 0.4) is 0 Å². The molecule has 0 spiro atoms. The molecule has 18 heavy (non-hydrogen) atoms. The molecule has 0 bridgehead atoms. The maximum atomic E-state index is 12.3. The maximum Gasteiger partial charge on any atom is 0.573 e. The number of rotatable bonds is 3. The topological polar surface area (TPSA) is 74.4 Å². The predicted octanol–water partition coefficient (Wildman–Crippen LogP) is 1.83. The number of carbonyl (C=O) groups is 1. The number of pyridine rings is 1. The molecule has 2 N–H and O–H groups in total. The molecule has 0 amide bonds. The van der Waals surface area contributed by atoms with E-state index in [1.807, 2.05) is 0 Å². The van der Waals surface area contributed by atoms with Gasteiger partial charge in [-0.3, -0.25) is 0 Å². The first-order valence-corrected chi connectivity index (χ1v) is 5.60. The summed E-state index contributed by atoms with van der Waals surface area (Å²) in [6.45, 7) is -0.299. The fourth-order valence-electron chi connectivity index (χ4n) is 1.18. The fraction of sp³-hybridized carbons (Fsp3) is 0.333. The van der Waals surface area contributed by atoms with Crippen LogP contribution in [0.2, 0.25) is 0 Å². The van der Waals surface area contributed by atoms with E-state index < -0.39 is 18.1 Å². The molecule has 1 aromatic heterocycles. The van der Waals surface area contributed by atoms with E-state index in [0.29, 0.717) is 3.70 Å². The monoisotopic (exact) mass is 376 g/mol. The van der Waals surface area contributed by atoms with Crippen molar-refractivity contribution in [1.82, 2.24) is 4.98 Å². The number of alkyl halides is 3. The first-order chi connectivity index (χ1) is 8.28. The van der Waals surface area contributed by atoms with Crippen LogP contribution in [-0.2, 0) is 11.3 Å². The summed E-state index contributed by atoms with van der Waals surface area (Å²) in [5, 5.41) is 0. The second kappa shape index (κ2) is 5.69. The Hall–Kier alpha value is -1.10. The highest BCUT2D eigenvalue weighted by molar-refractivity contribution is 14.1. The third-order valence-corrected chi connectivity index (χ3v) is 2.38.